The molecule has 0 saturated carbocycles. The van der Waals surface area contributed by atoms with Crippen molar-refractivity contribution < 1.29 is 8.83 Å². The highest BCUT2D eigenvalue weighted by Crippen LogP contribution is 2.45. The molecule has 0 spiro atoms. The molecule has 0 N–H and O–H groups in total. The second-order valence-corrected chi connectivity index (χ2v) is 14.0. The molecule has 0 aliphatic carbocycles. The first-order valence-electron chi connectivity index (χ1n) is 16.7. The largest absolute Gasteiger partial charge is 0.456 e. The molecular weight excluding hydrogens is 635 g/mol. The monoisotopic (exact) mass is 657 g/mol. The molecule has 0 bridgehead atoms. The third-order valence-electron chi connectivity index (χ3n) is 10.2. The van der Waals surface area contributed by atoms with Gasteiger partial charge in [-0.25, -0.2) is 4.98 Å². The minimum atomic E-state index is 0.509. The van der Waals surface area contributed by atoms with Crippen molar-refractivity contribution in [3.8, 4) is 17.1 Å². The number of para-hydroxylation sites is 2. The maximum atomic E-state index is 6.61. The van der Waals surface area contributed by atoms with Gasteiger partial charge in [-0.15, -0.1) is 11.3 Å². The Labute approximate surface area is 287 Å². The van der Waals surface area contributed by atoms with E-state index < -0.39 is 0 Å². The van der Waals surface area contributed by atoms with Crippen LogP contribution in [0, 0.1) is 0 Å². The van der Waals surface area contributed by atoms with Crippen molar-refractivity contribution in [2.45, 2.75) is 0 Å². The summed E-state index contributed by atoms with van der Waals surface area (Å²) >= 11 is 1.80. The Morgan fingerprint density at radius 2 is 1.26 bits per heavy atom. The fourth-order valence-corrected chi connectivity index (χ4v) is 9.19. The molecular formula is C44H23N3O2S. The van der Waals surface area contributed by atoms with Gasteiger partial charge in [0, 0.05) is 58.7 Å². The maximum Gasteiger partial charge on any atom is 0.248 e. The van der Waals surface area contributed by atoms with Crippen LogP contribution >= 0.6 is 11.3 Å². The lowest BCUT2D eigenvalue weighted by molar-refractivity contribution is 0.652. The minimum absolute atomic E-state index is 0.509. The van der Waals surface area contributed by atoms with E-state index in [2.05, 4.69) is 126 Å². The number of fused-ring (bicyclic) bond motifs is 14. The Kier molecular flexibility index (Phi) is 5.06. The lowest BCUT2D eigenvalue weighted by Gasteiger charge is -2.13. The van der Waals surface area contributed by atoms with E-state index in [-0.39, 0.29) is 0 Å². The zero-order valence-electron chi connectivity index (χ0n) is 26.3. The van der Waals surface area contributed by atoms with Crippen LogP contribution in [-0.4, -0.2) is 14.5 Å². The fourth-order valence-electron chi connectivity index (χ4n) is 8.06. The minimum Gasteiger partial charge on any atom is -0.456 e. The number of nitrogens with zero attached hydrogens (tertiary/aromatic N) is 3. The molecule has 12 rings (SSSR count). The summed E-state index contributed by atoms with van der Waals surface area (Å²) in [5, 5.41) is 10.2. The van der Waals surface area contributed by atoms with Gasteiger partial charge in [-0.2, -0.15) is 4.98 Å². The molecule has 5 aromatic heterocycles. The third kappa shape index (κ3) is 3.45. The van der Waals surface area contributed by atoms with Crippen LogP contribution in [0.15, 0.2) is 148 Å². The molecule has 6 heteroatoms. The number of thiophene rings is 1. The average Bonchev–Trinajstić information content (AvgIpc) is 3.91. The van der Waals surface area contributed by atoms with Crippen molar-refractivity contribution in [1.29, 1.82) is 0 Å². The van der Waals surface area contributed by atoms with Crippen molar-refractivity contribution in [3.05, 3.63) is 140 Å². The molecule has 0 atom stereocenters. The zero-order chi connectivity index (χ0) is 32.5. The van der Waals surface area contributed by atoms with Crippen LogP contribution in [0.4, 0.5) is 0 Å². The van der Waals surface area contributed by atoms with Gasteiger partial charge in [0.15, 0.2) is 5.82 Å². The summed E-state index contributed by atoms with van der Waals surface area (Å²) < 4.78 is 17.7. The normalized spacial score (nSPS) is 12.4. The molecule has 7 aromatic carbocycles. The number of aromatic nitrogens is 3. The van der Waals surface area contributed by atoms with Gasteiger partial charge in [0.2, 0.25) is 5.71 Å². The van der Waals surface area contributed by atoms with Crippen LogP contribution < -0.4 is 0 Å². The van der Waals surface area contributed by atoms with Gasteiger partial charge in [0.05, 0.1) is 11.0 Å². The van der Waals surface area contributed by atoms with Gasteiger partial charge in [0.1, 0.15) is 28.0 Å². The highest BCUT2D eigenvalue weighted by molar-refractivity contribution is 7.25. The van der Waals surface area contributed by atoms with Crippen LogP contribution in [0.5, 0.6) is 0 Å². The summed E-state index contributed by atoms with van der Waals surface area (Å²) in [5.41, 5.74) is 7.61. The van der Waals surface area contributed by atoms with E-state index in [0.717, 1.165) is 71.5 Å². The van der Waals surface area contributed by atoms with Crippen molar-refractivity contribution in [2.75, 3.05) is 0 Å². The molecule has 0 fully saturated rings. The Balaban J connectivity index is 1.26. The standard InChI is InChI=1S/C44H23N3O2S/c1-2-11-25-24(10-1)20-21-35-39(25)31-22-30-26-12-3-6-16-32(26)47(33(30)23-36(31)48-35)43-41(45-42-27-13-4-7-17-34(27)49-44(42)46-43)29-15-9-19-38-40(29)28-14-5-8-18-37(28)50-38/h1-23H. The summed E-state index contributed by atoms with van der Waals surface area (Å²) in [6.07, 6.45) is 0. The topological polar surface area (TPSA) is 57.0 Å². The smallest absolute Gasteiger partial charge is 0.248 e. The maximum absolute atomic E-state index is 6.61. The molecule has 50 heavy (non-hydrogen) atoms. The van der Waals surface area contributed by atoms with Crippen LogP contribution in [0.25, 0.3) is 114 Å². The van der Waals surface area contributed by atoms with Gasteiger partial charge in [-0.05, 0) is 53.2 Å². The first-order chi connectivity index (χ1) is 24.8. The first kappa shape index (κ1) is 26.5. The second-order valence-electron chi connectivity index (χ2n) is 12.9. The molecule has 0 aliphatic heterocycles. The second kappa shape index (κ2) is 9.56. The third-order valence-corrected chi connectivity index (χ3v) is 11.4. The van der Waals surface area contributed by atoms with Crippen molar-refractivity contribution in [3.63, 3.8) is 0 Å². The Bertz CT molecular complexity index is 3400. The first-order valence-corrected chi connectivity index (χ1v) is 17.5. The fraction of sp³-hybridized carbons (Fsp3) is 0. The van der Waals surface area contributed by atoms with Gasteiger partial charge >= 0.3 is 0 Å². The van der Waals surface area contributed by atoms with E-state index in [1.54, 1.807) is 11.3 Å². The highest BCUT2D eigenvalue weighted by Gasteiger charge is 2.25. The molecule has 0 saturated heterocycles. The van der Waals surface area contributed by atoms with Crippen molar-refractivity contribution in [1.82, 2.24) is 14.5 Å². The van der Waals surface area contributed by atoms with E-state index in [0.29, 0.717) is 11.5 Å². The predicted octanol–water partition coefficient (Wildman–Crippen LogP) is 12.6. The molecule has 0 unspecified atom stereocenters. The predicted molar refractivity (Wildman–Crippen MR) is 207 cm³/mol. The van der Waals surface area contributed by atoms with Gasteiger partial charge in [-0.1, -0.05) is 91.0 Å². The molecule has 12 aromatic rings. The number of hydrogen-bond donors (Lipinski definition) is 0. The Hall–Kier alpha value is -6.50. The van der Waals surface area contributed by atoms with E-state index in [1.165, 1.54) is 30.9 Å². The Morgan fingerprint density at radius 1 is 0.480 bits per heavy atom. The molecule has 0 aliphatic rings. The van der Waals surface area contributed by atoms with Crippen LogP contribution in [0.3, 0.4) is 0 Å². The van der Waals surface area contributed by atoms with Crippen LogP contribution in [0.1, 0.15) is 0 Å². The van der Waals surface area contributed by atoms with Crippen LogP contribution in [0.2, 0.25) is 0 Å². The van der Waals surface area contributed by atoms with E-state index in [1.807, 2.05) is 18.2 Å². The molecule has 0 amide bonds. The summed E-state index contributed by atoms with van der Waals surface area (Å²) in [6, 6.07) is 48.9. The van der Waals surface area contributed by atoms with Gasteiger partial charge in [-0.3, -0.25) is 4.57 Å². The molecule has 5 heterocycles. The lowest BCUT2D eigenvalue weighted by Crippen LogP contribution is -2.03. The summed E-state index contributed by atoms with van der Waals surface area (Å²) in [4.78, 5) is 10.8. The highest BCUT2D eigenvalue weighted by atomic mass is 32.1. The molecule has 232 valence electrons. The number of furan rings is 2. The number of rotatable bonds is 2. The van der Waals surface area contributed by atoms with Gasteiger partial charge in [0.25, 0.3) is 0 Å². The lowest BCUT2D eigenvalue weighted by atomic mass is 10.0. The summed E-state index contributed by atoms with van der Waals surface area (Å²) in [5.74, 6) is 0.714. The molecule has 0 radical (unpaired) electrons. The summed E-state index contributed by atoms with van der Waals surface area (Å²) in [7, 11) is 0. The average molecular weight is 658 g/mol. The summed E-state index contributed by atoms with van der Waals surface area (Å²) in [6.45, 7) is 0. The van der Waals surface area contributed by atoms with E-state index in [4.69, 9.17) is 18.8 Å². The van der Waals surface area contributed by atoms with Gasteiger partial charge < -0.3 is 8.83 Å². The zero-order valence-corrected chi connectivity index (χ0v) is 27.2. The van der Waals surface area contributed by atoms with Crippen molar-refractivity contribution >= 4 is 108 Å². The Morgan fingerprint density at radius 3 is 2.20 bits per heavy atom. The van der Waals surface area contributed by atoms with Crippen molar-refractivity contribution in [2.24, 2.45) is 0 Å². The van der Waals surface area contributed by atoms with Crippen LogP contribution in [-0.2, 0) is 0 Å². The van der Waals surface area contributed by atoms with E-state index in [9.17, 15) is 0 Å². The quantitative estimate of drug-likeness (QED) is 0.186. The van der Waals surface area contributed by atoms with E-state index >= 15 is 0 Å². The molecule has 5 nitrogen and oxygen atoms in total. The SMILES string of the molecule is c1ccc2c(c1)ccc1oc3cc4c(cc3c12)c1ccccc1n4-c1nc2oc3ccccc3c2nc1-c1cccc2sc3ccccc3c12. The number of hydrogen-bond acceptors (Lipinski definition) is 5. The number of benzene rings is 7.